The second-order valence-electron chi connectivity index (χ2n) is 4.99. The number of anilines is 1. The zero-order valence-corrected chi connectivity index (χ0v) is 14.0. The van der Waals surface area contributed by atoms with Gasteiger partial charge in [0.25, 0.3) is 0 Å². The molecule has 1 heterocycles. The highest BCUT2D eigenvalue weighted by Gasteiger charge is 2.08. The molecule has 0 fully saturated rings. The summed E-state index contributed by atoms with van der Waals surface area (Å²) >= 11 is 3.44. The van der Waals surface area contributed by atoms with Gasteiger partial charge >= 0.3 is 0 Å². The van der Waals surface area contributed by atoms with Gasteiger partial charge in [0.2, 0.25) is 0 Å². The lowest BCUT2D eigenvalue weighted by atomic mass is 10.1. The highest BCUT2D eigenvalue weighted by atomic mass is 79.9. The summed E-state index contributed by atoms with van der Waals surface area (Å²) in [5.41, 5.74) is 2.82. The number of nitrogens with one attached hydrogen (secondary N) is 1. The first-order valence-corrected chi connectivity index (χ1v) is 8.11. The van der Waals surface area contributed by atoms with Gasteiger partial charge in [0.05, 0.1) is 12.3 Å². The monoisotopic (exact) mass is 369 g/mol. The molecule has 0 amide bonds. The third-order valence-electron chi connectivity index (χ3n) is 3.32. The number of hydrogen-bond acceptors (Lipinski definition) is 4. The fourth-order valence-electron chi connectivity index (χ4n) is 2.21. The molecule has 0 radical (unpaired) electrons. The zero-order chi connectivity index (χ0) is 16.1. The molecule has 3 rings (SSSR count). The lowest BCUT2D eigenvalue weighted by Crippen LogP contribution is -2.08. The van der Waals surface area contributed by atoms with E-state index in [-0.39, 0.29) is 6.61 Å². The topological polar surface area (TPSA) is 58.0 Å². The maximum Gasteiger partial charge on any atom is 0.162 e. The third kappa shape index (κ3) is 3.94. The Morgan fingerprint density at radius 3 is 2.35 bits per heavy atom. The van der Waals surface area contributed by atoms with Crippen LogP contribution in [0.1, 0.15) is 0 Å². The molecule has 1 aromatic heterocycles. The van der Waals surface area contributed by atoms with Gasteiger partial charge in [-0.25, -0.2) is 9.97 Å². The van der Waals surface area contributed by atoms with Crippen LogP contribution >= 0.6 is 15.9 Å². The Morgan fingerprint density at radius 2 is 1.65 bits per heavy atom. The summed E-state index contributed by atoms with van der Waals surface area (Å²) in [5.74, 6) is 1.35. The van der Waals surface area contributed by atoms with Crippen molar-refractivity contribution in [3.05, 3.63) is 65.1 Å². The van der Waals surface area contributed by atoms with Gasteiger partial charge in [0.15, 0.2) is 5.82 Å². The summed E-state index contributed by atoms with van der Waals surface area (Å²) < 4.78 is 1.01. The van der Waals surface area contributed by atoms with Crippen molar-refractivity contribution >= 4 is 21.7 Å². The van der Waals surface area contributed by atoms with E-state index in [4.69, 9.17) is 5.11 Å². The average Bonchev–Trinajstić information content (AvgIpc) is 2.61. The molecule has 0 spiro atoms. The number of benzene rings is 2. The molecule has 0 aliphatic rings. The first-order chi connectivity index (χ1) is 11.3. The lowest BCUT2D eigenvalue weighted by Gasteiger charge is -2.10. The van der Waals surface area contributed by atoms with E-state index in [1.165, 1.54) is 0 Å². The summed E-state index contributed by atoms with van der Waals surface area (Å²) in [6, 6.07) is 19.8. The van der Waals surface area contributed by atoms with Gasteiger partial charge < -0.3 is 10.4 Å². The Hall–Kier alpha value is -2.24. The quantitative estimate of drug-likeness (QED) is 0.714. The van der Waals surface area contributed by atoms with Gasteiger partial charge in [-0.1, -0.05) is 58.4 Å². The van der Waals surface area contributed by atoms with Gasteiger partial charge in [0.1, 0.15) is 5.82 Å². The molecule has 2 aromatic carbocycles. The minimum atomic E-state index is 0.0539. The smallest absolute Gasteiger partial charge is 0.162 e. The lowest BCUT2D eigenvalue weighted by molar-refractivity contribution is 0.311. The Morgan fingerprint density at radius 1 is 0.913 bits per heavy atom. The van der Waals surface area contributed by atoms with Gasteiger partial charge in [0, 0.05) is 28.2 Å². The van der Waals surface area contributed by atoms with Crippen LogP contribution in [0.15, 0.2) is 65.1 Å². The van der Waals surface area contributed by atoms with Crippen molar-refractivity contribution in [3.8, 4) is 22.6 Å². The first kappa shape index (κ1) is 15.6. The Balaban J connectivity index is 2.06. The number of aliphatic hydroxyl groups is 1. The van der Waals surface area contributed by atoms with E-state index in [9.17, 15) is 0 Å². The maximum absolute atomic E-state index is 9.02. The second-order valence-corrected chi connectivity index (χ2v) is 5.90. The van der Waals surface area contributed by atoms with Crippen LogP contribution in [-0.2, 0) is 0 Å². The Kier molecular flexibility index (Phi) is 5.00. The Labute approximate surface area is 143 Å². The SMILES string of the molecule is OCCNc1cc(-c2ccccc2)nc(-c2ccc(Br)cc2)n1. The van der Waals surface area contributed by atoms with Crippen LogP contribution in [0.3, 0.4) is 0 Å². The average molecular weight is 370 g/mol. The molecule has 0 saturated carbocycles. The highest BCUT2D eigenvalue weighted by molar-refractivity contribution is 9.10. The molecule has 0 saturated heterocycles. The Bertz CT molecular complexity index is 776. The van der Waals surface area contributed by atoms with Crippen molar-refractivity contribution in [2.75, 3.05) is 18.5 Å². The van der Waals surface area contributed by atoms with Crippen molar-refractivity contribution in [2.24, 2.45) is 0 Å². The van der Waals surface area contributed by atoms with Crippen LogP contribution in [0.25, 0.3) is 22.6 Å². The van der Waals surface area contributed by atoms with E-state index in [0.717, 1.165) is 21.3 Å². The summed E-state index contributed by atoms with van der Waals surface area (Å²) in [7, 11) is 0. The van der Waals surface area contributed by atoms with Crippen molar-refractivity contribution < 1.29 is 5.11 Å². The zero-order valence-electron chi connectivity index (χ0n) is 12.4. The molecule has 23 heavy (non-hydrogen) atoms. The van der Waals surface area contributed by atoms with Crippen LogP contribution in [-0.4, -0.2) is 28.2 Å². The predicted molar refractivity (Wildman–Crippen MR) is 96.2 cm³/mol. The van der Waals surface area contributed by atoms with Crippen molar-refractivity contribution in [1.82, 2.24) is 9.97 Å². The van der Waals surface area contributed by atoms with Crippen molar-refractivity contribution in [1.29, 1.82) is 0 Å². The maximum atomic E-state index is 9.02. The normalized spacial score (nSPS) is 10.5. The summed E-state index contributed by atoms with van der Waals surface area (Å²) in [5, 5.41) is 12.1. The summed E-state index contributed by atoms with van der Waals surface area (Å²) in [4.78, 5) is 9.23. The fourth-order valence-corrected chi connectivity index (χ4v) is 2.47. The van der Waals surface area contributed by atoms with E-state index >= 15 is 0 Å². The number of halogens is 1. The van der Waals surface area contributed by atoms with E-state index in [1.807, 2.05) is 60.7 Å². The fraction of sp³-hybridized carbons (Fsp3) is 0.111. The van der Waals surface area contributed by atoms with E-state index in [0.29, 0.717) is 18.2 Å². The van der Waals surface area contributed by atoms with Crippen LogP contribution in [0.5, 0.6) is 0 Å². The molecule has 0 aliphatic heterocycles. The molecule has 2 N–H and O–H groups in total. The second kappa shape index (κ2) is 7.35. The van der Waals surface area contributed by atoms with Crippen LogP contribution in [0.4, 0.5) is 5.82 Å². The van der Waals surface area contributed by atoms with Crippen molar-refractivity contribution in [3.63, 3.8) is 0 Å². The molecule has 116 valence electrons. The van der Waals surface area contributed by atoms with Crippen LogP contribution in [0.2, 0.25) is 0 Å². The predicted octanol–water partition coefficient (Wildman–Crippen LogP) is 3.98. The highest BCUT2D eigenvalue weighted by Crippen LogP contribution is 2.25. The molecule has 3 aromatic rings. The molecule has 5 heteroatoms. The molecule has 0 bridgehead atoms. The molecular formula is C18H16BrN3O. The molecule has 0 unspecified atom stereocenters. The third-order valence-corrected chi connectivity index (χ3v) is 3.84. The summed E-state index contributed by atoms with van der Waals surface area (Å²) in [6.45, 7) is 0.503. The van der Waals surface area contributed by atoms with Crippen LogP contribution < -0.4 is 5.32 Å². The molecule has 0 aliphatic carbocycles. The van der Waals surface area contributed by atoms with Gasteiger partial charge in [-0.3, -0.25) is 0 Å². The number of hydrogen-bond donors (Lipinski definition) is 2. The first-order valence-electron chi connectivity index (χ1n) is 7.31. The van der Waals surface area contributed by atoms with E-state index < -0.39 is 0 Å². The molecular weight excluding hydrogens is 354 g/mol. The van der Waals surface area contributed by atoms with Crippen molar-refractivity contribution in [2.45, 2.75) is 0 Å². The molecule has 4 nitrogen and oxygen atoms in total. The van der Waals surface area contributed by atoms with E-state index in [2.05, 4.69) is 31.2 Å². The van der Waals surface area contributed by atoms with Crippen LogP contribution in [0, 0.1) is 0 Å². The van der Waals surface area contributed by atoms with E-state index in [1.54, 1.807) is 0 Å². The minimum Gasteiger partial charge on any atom is -0.395 e. The number of aliphatic hydroxyl groups excluding tert-OH is 1. The van der Waals surface area contributed by atoms with Gasteiger partial charge in [-0.2, -0.15) is 0 Å². The van der Waals surface area contributed by atoms with Gasteiger partial charge in [-0.05, 0) is 12.1 Å². The number of aromatic nitrogens is 2. The summed E-state index contributed by atoms with van der Waals surface area (Å²) in [6.07, 6.45) is 0. The largest absolute Gasteiger partial charge is 0.395 e. The number of nitrogens with zero attached hydrogens (tertiary/aromatic N) is 2. The minimum absolute atomic E-state index is 0.0539. The molecule has 0 atom stereocenters. The number of rotatable bonds is 5. The standard InChI is InChI=1S/C18H16BrN3O/c19-15-8-6-14(7-9-15)18-21-16(13-4-2-1-3-5-13)12-17(22-18)20-10-11-23/h1-9,12,23H,10-11H2,(H,20,21,22). The van der Waals surface area contributed by atoms with Gasteiger partial charge in [-0.15, -0.1) is 0 Å².